The maximum Gasteiger partial charge on any atom is 0.307 e. The summed E-state index contributed by atoms with van der Waals surface area (Å²) in [7, 11) is 0. The summed E-state index contributed by atoms with van der Waals surface area (Å²) < 4.78 is 0. The largest absolute Gasteiger partial charge is 0.481 e. The number of aliphatic carboxylic acids is 1. The third-order valence-corrected chi connectivity index (χ3v) is 2.54. The lowest BCUT2D eigenvalue weighted by molar-refractivity contribution is -0.136. The van der Waals surface area contributed by atoms with Crippen molar-refractivity contribution in [1.82, 2.24) is 9.97 Å². The Balaban J connectivity index is 3.25. The maximum atomic E-state index is 10.8. The first-order valence-corrected chi connectivity index (χ1v) is 5.71. The standard InChI is InChI=1S/C12H18N2O2/c1-4-9-8(7-12(15)16)10(5-2)14-11(6-3)13-9/h4-7H2,1-3H3,(H,15,16). The molecule has 1 aromatic heterocycles. The van der Waals surface area contributed by atoms with Crippen LogP contribution in [0.5, 0.6) is 0 Å². The van der Waals surface area contributed by atoms with Crippen LogP contribution in [0.1, 0.15) is 43.5 Å². The van der Waals surface area contributed by atoms with Gasteiger partial charge < -0.3 is 5.11 Å². The molecule has 0 saturated carbocycles. The summed E-state index contributed by atoms with van der Waals surface area (Å²) in [5, 5.41) is 8.88. The van der Waals surface area contributed by atoms with Crippen LogP contribution in [-0.2, 0) is 30.5 Å². The van der Waals surface area contributed by atoms with Gasteiger partial charge in [0.1, 0.15) is 5.82 Å². The highest BCUT2D eigenvalue weighted by Crippen LogP contribution is 2.14. The Hall–Kier alpha value is -1.45. The Morgan fingerprint density at radius 1 is 1.06 bits per heavy atom. The number of carbonyl (C=O) groups is 1. The van der Waals surface area contributed by atoms with E-state index in [1.165, 1.54) is 0 Å². The summed E-state index contributed by atoms with van der Waals surface area (Å²) in [6, 6.07) is 0. The van der Waals surface area contributed by atoms with Gasteiger partial charge in [-0.25, -0.2) is 9.97 Å². The van der Waals surface area contributed by atoms with Crippen molar-refractivity contribution in [3.05, 3.63) is 22.8 Å². The van der Waals surface area contributed by atoms with Gasteiger partial charge in [0.05, 0.1) is 6.42 Å². The zero-order chi connectivity index (χ0) is 12.1. The van der Waals surface area contributed by atoms with Gasteiger partial charge in [0.15, 0.2) is 0 Å². The minimum absolute atomic E-state index is 0.0241. The molecule has 0 bridgehead atoms. The molecule has 0 atom stereocenters. The van der Waals surface area contributed by atoms with E-state index in [0.29, 0.717) is 0 Å². The molecule has 0 fully saturated rings. The highest BCUT2D eigenvalue weighted by atomic mass is 16.4. The summed E-state index contributed by atoms with van der Waals surface area (Å²) >= 11 is 0. The highest BCUT2D eigenvalue weighted by molar-refractivity contribution is 5.71. The summed E-state index contributed by atoms with van der Waals surface area (Å²) in [6.07, 6.45) is 2.32. The van der Waals surface area contributed by atoms with Gasteiger partial charge in [-0.1, -0.05) is 20.8 Å². The Bertz CT molecular complexity index is 364. The zero-order valence-corrected chi connectivity index (χ0v) is 10.1. The maximum absolute atomic E-state index is 10.8. The predicted molar refractivity (Wildman–Crippen MR) is 61.5 cm³/mol. The van der Waals surface area contributed by atoms with Crippen LogP contribution in [0.3, 0.4) is 0 Å². The third-order valence-electron chi connectivity index (χ3n) is 2.54. The third kappa shape index (κ3) is 2.78. The van der Waals surface area contributed by atoms with E-state index in [1.807, 2.05) is 20.8 Å². The van der Waals surface area contributed by atoms with E-state index in [-0.39, 0.29) is 6.42 Å². The topological polar surface area (TPSA) is 63.1 Å². The van der Waals surface area contributed by atoms with Crippen molar-refractivity contribution in [3.63, 3.8) is 0 Å². The average Bonchev–Trinajstić information content (AvgIpc) is 2.28. The second-order valence-corrected chi connectivity index (χ2v) is 3.64. The number of hydrogen-bond donors (Lipinski definition) is 1. The van der Waals surface area contributed by atoms with Gasteiger partial charge in [0, 0.05) is 23.4 Å². The number of aryl methyl sites for hydroxylation is 3. The minimum atomic E-state index is -0.822. The molecule has 0 aromatic carbocycles. The molecule has 0 aliphatic carbocycles. The van der Waals surface area contributed by atoms with Gasteiger partial charge >= 0.3 is 5.97 Å². The van der Waals surface area contributed by atoms with E-state index in [2.05, 4.69) is 9.97 Å². The molecule has 0 saturated heterocycles. The van der Waals surface area contributed by atoms with E-state index in [0.717, 1.165) is 42.0 Å². The van der Waals surface area contributed by atoms with Crippen molar-refractivity contribution in [3.8, 4) is 0 Å². The Labute approximate surface area is 95.7 Å². The van der Waals surface area contributed by atoms with Crippen LogP contribution in [0.2, 0.25) is 0 Å². The molecule has 1 N–H and O–H groups in total. The lowest BCUT2D eigenvalue weighted by Gasteiger charge is -2.11. The molecule has 0 unspecified atom stereocenters. The van der Waals surface area contributed by atoms with Crippen molar-refractivity contribution < 1.29 is 9.90 Å². The molecular weight excluding hydrogens is 204 g/mol. The van der Waals surface area contributed by atoms with E-state index in [4.69, 9.17) is 5.11 Å². The fourth-order valence-electron chi connectivity index (χ4n) is 1.74. The molecule has 16 heavy (non-hydrogen) atoms. The highest BCUT2D eigenvalue weighted by Gasteiger charge is 2.14. The molecule has 0 radical (unpaired) electrons. The van der Waals surface area contributed by atoms with Crippen LogP contribution in [0.4, 0.5) is 0 Å². The first-order valence-electron chi connectivity index (χ1n) is 5.71. The van der Waals surface area contributed by atoms with Crippen LogP contribution in [-0.4, -0.2) is 21.0 Å². The second-order valence-electron chi connectivity index (χ2n) is 3.64. The van der Waals surface area contributed by atoms with Crippen LogP contribution >= 0.6 is 0 Å². The number of carboxylic acid groups (broad SMARTS) is 1. The van der Waals surface area contributed by atoms with Gasteiger partial charge in [-0.05, 0) is 12.8 Å². The Kier molecular flexibility index (Phi) is 4.40. The van der Waals surface area contributed by atoms with Crippen LogP contribution < -0.4 is 0 Å². The quantitative estimate of drug-likeness (QED) is 0.825. The minimum Gasteiger partial charge on any atom is -0.481 e. The molecule has 1 rings (SSSR count). The van der Waals surface area contributed by atoms with Gasteiger partial charge in [-0.3, -0.25) is 4.79 Å². The monoisotopic (exact) mass is 222 g/mol. The molecule has 0 spiro atoms. The lowest BCUT2D eigenvalue weighted by atomic mass is 10.0. The number of rotatable bonds is 5. The molecule has 0 aliphatic rings. The number of aromatic nitrogens is 2. The van der Waals surface area contributed by atoms with Gasteiger partial charge in [0.25, 0.3) is 0 Å². The first kappa shape index (κ1) is 12.6. The van der Waals surface area contributed by atoms with Crippen molar-refractivity contribution in [1.29, 1.82) is 0 Å². The molecule has 4 nitrogen and oxygen atoms in total. The lowest BCUT2D eigenvalue weighted by Crippen LogP contribution is -2.12. The SMILES string of the molecule is CCc1nc(CC)c(CC(=O)O)c(CC)n1. The predicted octanol–water partition coefficient (Wildman–Crippen LogP) is 1.79. The van der Waals surface area contributed by atoms with Crippen LogP contribution in [0, 0.1) is 0 Å². The number of nitrogens with zero attached hydrogens (tertiary/aromatic N) is 2. The van der Waals surface area contributed by atoms with Crippen LogP contribution in [0.25, 0.3) is 0 Å². The summed E-state index contributed by atoms with van der Waals surface area (Å²) in [6.45, 7) is 5.99. The average molecular weight is 222 g/mol. The summed E-state index contributed by atoms with van der Waals surface area (Å²) in [5.74, 6) is -0.0138. The zero-order valence-electron chi connectivity index (χ0n) is 10.1. The van der Waals surface area contributed by atoms with Gasteiger partial charge in [-0.15, -0.1) is 0 Å². The first-order chi connectivity index (χ1) is 7.62. The molecular formula is C12H18N2O2. The van der Waals surface area contributed by atoms with E-state index >= 15 is 0 Å². The van der Waals surface area contributed by atoms with Gasteiger partial charge in [0.2, 0.25) is 0 Å². The van der Waals surface area contributed by atoms with E-state index < -0.39 is 5.97 Å². The van der Waals surface area contributed by atoms with E-state index in [9.17, 15) is 4.79 Å². The molecule has 88 valence electrons. The van der Waals surface area contributed by atoms with Gasteiger partial charge in [-0.2, -0.15) is 0 Å². The molecule has 4 heteroatoms. The number of carboxylic acids is 1. The smallest absolute Gasteiger partial charge is 0.307 e. The molecule has 0 aliphatic heterocycles. The Morgan fingerprint density at radius 2 is 1.56 bits per heavy atom. The normalized spacial score (nSPS) is 10.4. The number of hydrogen-bond acceptors (Lipinski definition) is 3. The fourth-order valence-corrected chi connectivity index (χ4v) is 1.74. The summed E-state index contributed by atoms with van der Waals surface area (Å²) in [4.78, 5) is 19.6. The molecule has 1 heterocycles. The molecule has 1 aromatic rings. The fraction of sp³-hybridized carbons (Fsp3) is 0.583. The van der Waals surface area contributed by atoms with Crippen molar-refractivity contribution >= 4 is 5.97 Å². The summed E-state index contributed by atoms with van der Waals surface area (Å²) in [5.41, 5.74) is 2.56. The van der Waals surface area contributed by atoms with Crippen molar-refractivity contribution in [2.75, 3.05) is 0 Å². The van der Waals surface area contributed by atoms with Crippen molar-refractivity contribution in [2.24, 2.45) is 0 Å². The van der Waals surface area contributed by atoms with Crippen molar-refractivity contribution in [2.45, 2.75) is 46.5 Å². The second kappa shape index (κ2) is 5.58. The molecule has 0 amide bonds. The van der Waals surface area contributed by atoms with E-state index in [1.54, 1.807) is 0 Å². The Morgan fingerprint density at radius 3 is 1.88 bits per heavy atom. The van der Waals surface area contributed by atoms with Crippen LogP contribution in [0.15, 0.2) is 0 Å².